The minimum Gasteiger partial charge on any atom is -0.415 e. The van der Waals surface area contributed by atoms with Crippen LogP contribution < -0.4 is 0 Å². The molecule has 0 N–H and O–H groups in total. The monoisotopic (exact) mass is 388 g/mol. The van der Waals surface area contributed by atoms with Crippen molar-refractivity contribution in [1.29, 1.82) is 0 Å². The lowest BCUT2D eigenvalue weighted by atomic mass is 10.1. The van der Waals surface area contributed by atoms with Crippen LogP contribution in [0.2, 0.25) is 0 Å². The Balaban J connectivity index is 1.71. The molecule has 28 heavy (non-hydrogen) atoms. The first-order chi connectivity index (χ1) is 13.4. The third kappa shape index (κ3) is 3.40. The zero-order valence-electron chi connectivity index (χ0n) is 15.0. The summed E-state index contributed by atoms with van der Waals surface area (Å²) in [5.41, 5.74) is 2.53. The lowest BCUT2D eigenvalue weighted by molar-refractivity contribution is 0.116. The maximum Gasteiger partial charge on any atom is 0.314 e. The van der Waals surface area contributed by atoms with Crippen LogP contribution >= 0.6 is 0 Å². The highest BCUT2D eigenvalue weighted by Gasteiger charge is 2.19. The molecule has 4 rings (SSSR count). The number of benzene rings is 1. The Morgan fingerprint density at radius 3 is 2.61 bits per heavy atom. The van der Waals surface area contributed by atoms with Gasteiger partial charge in [-0.05, 0) is 25.1 Å². The van der Waals surface area contributed by atoms with E-state index >= 15 is 0 Å². The lowest BCUT2D eigenvalue weighted by Gasteiger charge is -2.08. The van der Waals surface area contributed by atoms with Crippen molar-refractivity contribution in [3.05, 3.63) is 59.8 Å². The summed E-state index contributed by atoms with van der Waals surface area (Å²) in [7, 11) is 1.84. The third-order valence-corrected chi connectivity index (χ3v) is 4.20. The van der Waals surface area contributed by atoms with Gasteiger partial charge in [-0.1, -0.05) is 0 Å². The van der Waals surface area contributed by atoms with E-state index in [9.17, 15) is 13.2 Å². The quantitative estimate of drug-likeness (QED) is 0.520. The Morgan fingerprint density at radius 1 is 1.14 bits per heavy atom. The highest BCUT2D eigenvalue weighted by molar-refractivity contribution is 5.65. The summed E-state index contributed by atoms with van der Waals surface area (Å²) in [5.74, 6) is -1.05. The molecule has 0 bridgehead atoms. The smallest absolute Gasteiger partial charge is 0.314 e. The van der Waals surface area contributed by atoms with Crippen LogP contribution in [0.4, 0.5) is 13.2 Å². The van der Waals surface area contributed by atoms with Gasteiger partial charge < -0.3 is 8.98 Å². The molecular weight excluding hydrogens is 373 g/mol. The van der Waals surface area contributed by atoms with Gasteiger partial charge in [0.05, 0.1) is 12.2 Å². The van der Waals surface area contributed by atoms with E-state index in [0.717, 1.165) is 17.3 Å². The van der Waals surface area contributed by atoms with Gasteiger partial charge in [-0.2, -0.15) is 13.9 Å². The fourth-order valence-corrected chi connectivity index (χ4v) is 2.97. The number of alkyl halides is 2. The highest BCUT2D eigenvalue weighted by Crippen LogP contribution is 2.28. The molecule has 0 aliphatic heterocycles. The van der Waals surface area contributed by atoms with Crippen molar-refractivity contribution in [3.63, 3.8) is 0 Å². The molecule has 0 saturated heterocycles. The van der Waals surface area contributed by atoms with Crippen LogP contribution in [-0.4, -0.2) is 29.5 Å². The van der Waals surface area contributed by atoms with Crippen LogP contribution in [0.15, 0.2) is 41.2 Å². The first kappa shape index (κ1) is 18.0. The molecule has 0 spiro atoms. The molecule has 0 atom stereocenters. The van der Waals surface area contributed by atoms with Gasteiger partial charge in [-0.15, -0.1) is 10.2 Å². The summed E-state index contributed by atoms with van der Waals surface area (Å²) in [5, 5.41) is 11.2. The lowest BCUT2D eigenvalue weighted by Crippen LogP contribution is -2.02. The molecule has 144 valence electrons. The van der Waals surface area contributed by atoms with Crippen LogP contribution in [0.3, 0.4) is 0 Å². The summed E-state index contributed by atoms with van der Waals surface area (Å²) < 4.78 is 48.1. The predicted octanol–water partition coefficient (Wildman–Crippen LogP) is 3.77. The second-order valence-corrected chi connectivity index (χ2v) is 6.27. The van der Waals surface area contributed by atoms with E-state index in [-0.39, 0.29) is 11.5 Å². The Kier molecular flexibility index (Phi) is 4.46. The zero-order chi connectivity index (χ0) is 19.8. The van der Waals surface area contributed by atoms with E-state index in [4.69, 9.17) is 4.42 Å². The number of hydrogen-bond donors (Lipinski definition) is 0. The molecule has 0 aliphatic rings. The second kappa shape index (κ2) is 6.95. The standard InChI is InChI=1S/C18H15F3N6O/c1-10-13(8-26(2)25-10)9-27-4-3-22-16(27)11-5-12(7-14(19)6-11)17-23-24-18(28-17)15(20)21/h3-8,15H,9H2,1-2H3. The first-order valence-corrected chi connectivity index (χ1v) is 8.34. The minimum atomic E-state index is -2.89. The molecule has 0 amide bonds. The summed E-state index contributed by atoms with van der Waals surface area (Å²) in [6, 6.07) is 4.02. The number of imidazole rings is 1. The average Bonchev–Trinajstić information content (AvgIpc) is 3.35. The van der Waals surface area contributed by atoms with Crippen molar-refractivity contribution in [1.82, 2.24) is 29.5 Å². The van der Waals surface area contributed by atoms with Crippen molar-refractivity contribution in [2.45, 2.75) is 19.9 Å². The van der Waals surface area contributed by atoms with Crippen molar-refractivity contribution in [2.75, 3.05) is 0 Å². The largest absolute Gasteiger partial charge is 0.415 e. The predicted molar refractivity (Wildman–Crippen MR) is 92.9 cm³/mol. The normalized spacial score (nSPS) is 11.5. The van der Waals surface area contributed by atoms with Crippen LogP contribution in [0.5, 0.6) is 0 Å². The molecule has 0 saturated carbocycles. The highest BCUT2D eigenvalue weighted by atomic mass is 19.3. The zero-order valence-corrected chi connectivity index (χ0v) is 15.0. The molecule has 4 aromatic rings. The molecule has 3 aromatic heterocycles. The van der Waals surface area contributed by atoms with E-state index < -0.39 is 18.1 Å². The SMILES string of the molecule is Cc1nn(C)cc1Cn1ccnc1-c1cc(F)cc(-c2nnc(C(F)F)o2)c1. The minimum absolute atomic E-state index is 0.183. The number of rotatable bonds is 5. The number of aromatic nitrogens is 6. The van der Waals surface area contributed by atoms with Crippen LogP contribution in [0.1, 0.15) is 23.6 Å². The summed E-state index contributed by atoms with van der Waals surface area (Å²) in [6.07, 6.45) is 2.39. The molecule has 7 nitrogen and oxygen atoms in total. The first-order valence-electron chi connectivity index (χ1n) is 8.34. The van der Waals surface area contributed by atoms with Crippen LogP contribution in [0.25, 0.3) is 22.8 Å². The van der Waals surface area contributed by atoms with E-state index in [1.54, 1.807) is 23.1 Å². The van der Waals surface area contributed by atoms with E-state index in [1.807, 2.05) is 24.7 Å². The van der Waals surface area contributed by atoms with Gasteiger partial charge in [0.2, 0.25) is 5.89 Å². The topological polar surface area (TPSA) is 74.6 Å². The summed E-state index contributed by atoms with van der Waals surface area (Å²) in [4.78, 5) is 4.31. The van der Waals surface area contributed by atoms with Crippen molar-refractivity contribution in [3.8, 4) is 22.8 Å². The van der Waals surface area contributed by atoms with Gasteiger partial charge in [0.25, 0.3) is 5.89 Å². The van der Waals surface area contributed by atoms with Gasteiger partial charge >= 0.3 is 6.43 Å². The molecule has 0 aliphatic carbocycles. The Morgan fingerprint density at radius 2 is 1.93 bits per heavy atom. The van der Waals surface area contributed by atoms with Gasteiger partial charge in [0.15, 0.2) is 0 Å². The van der Waals surface area contributed by atoms with Crippen molar-refractivity contribution in [2.24, 2.45) is 7.05 Å². The third-order valence-electron chi connectivity index (χ3n) is 4.20. The number of aryl methyl sites for hydroxylation is 2. The molecule has 3 heterocycles. The Bertz CT molecular complexity index is 1130. The van der Waals surface area contributed by atoms with Gasteiger partial charge in [0, 0.05) is 42.3 Å². The molecular formula is C18H15F3N6O. The molecule has 0 fully saturated rings. The fraction of sp³-hybridized carbons (Fsp3) is 0.222. The maximum absolute atomic E-state index is 14.2. The van der Waals surface area contributed by atoms with Crippen molar-refractivity contribution < 1.29 is 17.6 Å². The van der Waals surface area contributed by atoms with E-state index in [1.165, 1.54) is 6.07 Å². The maximum atomic E-state index is 14.2. The molecule has 0 radical (unpaired) electrons. The van der Waals surface area contributed by atoms with Gasteiger partial charge in [0.1, 0.15) is 11.6 Å². The summed E-state index contributed by atoms with van der Waals surface area (Å²) in [6.45, 7) is 2.40. The number of halogens is 3. The molecule has 10 heteroatoms. The van der Waals surface area contributed by atoms with Crippen molar-refractivity contribution >= 4 is 0 Å². The van der Waals surface area contributed by atoms with Crippen LogP contribution in [-0.2, 0) is 13.6 Å². The molecule has 0 unspecified atom stereocenters. The summed E-state index contributed by atoms with van der Waals surface area (Å²) >= 11 is 0. The second-order valence-electron chi connectivity index (χ2n) is 6.27. The number of hydrogen-bond acceptors (Lipinski definition) is 5. The molecule has 1 aromatic carbocycles. The van der Waals surface area contributed by atoms with E-state index in [2.05, 4.69) is 20.3 Å². The van der Waals surface area contributed by atoms with Gasteiger partial charge in [-0.25, -0.2) is 9.37 Å². The fourth-order valence-electron chi connectivity index (χ4n) is 2.97. The number of nitrogens with zero attached hydrogens (tertiary/aromatic N) is 6. The van der Waals surface area contributed by atoms with E-state index in [0.29, 0.717) is 17.9 Å². The van der Waals surface area contributed by atoms with Gasteiger partial charge in [-0.3, -0.25) is 4.68 Å². The average molecular weight is 388 g/mol. The Hall–Kier alpha value is -3.43. The van der Waals surface area contributed by atoms with Crippen LogP contribution in [0, 0.1) is 12.7 Å². The Labute approximate surface area is 157 Å².